The Kier molecular flexibility index (Phi) is 8.24. The summed E-state index contributed by atoms with van der Waals surface area (Å²) in [6.07, 6.45) is 0.849. The summed E-state index contributed by atoms with van der Waals surface area (Å²) in [6, 6.07) is 18.3. The average Bonchev–Trinajstić information content (AvgIpc) is 2.98. The van der Waals surface area contributed by atoms with Crippen molar-refractivity contribution in [2.24, 2.45) is 0 Å². The number of aromatic hydroxyl groups is 1. The van der Waals surface area contributed by atoms with Gasteiger partial charge >= 0.3 is 0 Å². The van der Waals surface area contributed by atoms with E-state index >= 15 is 0 Å². The molecule has 8 heteroatoms. The van der Waals surface area contributed by atoms with Crippen LogP contribution in [-0.2, 0) is 9.59 Å². The van der Waals surface area contributed by atoms with Gasteiger partial charge in [-0.25, -0.2) is 0 Å². The number of Topliss-reactive ketones (excluding diaryl/α,β-unsaturated/α-hetero) is 1. The van der Waals surface area contributed by atoms with Crippen LogP contribution in [0, 0.1) is 6.92 Å². The quantitative estimate of drug-likeness (QED) is 0.301. The van der Waals surface area contributed by atoms with E-state index in [0.29, 0.717) is 58.4 Å². The molecule has 0 radical (unpaired) electrons. The highest BCUT2D eigenvalue weighted by atomic mass is 16.5. The van der Waals surface area contributed by atoms with Gasteiger partial charge in [-0.2, -0.15) is 0 Å². The van der Waals surface area contributed by atoms with E-state index in [1.807, 2.05) is 63.2 Å². The van der Waals surface area contributed by atoms with E-state index in [9.17, 15) is 14.7 Å². The first-order chi connectivity index (χ1) is 20.2. The minimum atomic E-state index is -0.649. The van der Waals surface area contributed by atoms with Crippen molar-refractivity contribution in [2.45, 2.75) is 45.4 Å². The summed E-state index contributed by atoms with van der Waals surface area (Å²) in [5.41, 5.74) is 5.74. The van der Waals surface area contributed by atoms with Crippen LogP contribution in [0.2, 0.25) is 0 Å². The van der Waals surface area contributed by atoms with Crippen LogP contribution in [0.25, 0.3) is 0 Å². The third-order valence-corrected chi connectivity index (χ3v) is 7.96. The lowest BCUT2D eigenvalue weighted by molar-refractivity contribution is -0.116. The Morgan fingerprint density at radius 2 is 1.67 bits per heavy atom. The molecule has 3 aromatic rings. The maximum absolute atomic E-state index is 14.0. The number of phenolic OH excluding ortho intramolecular Hbond substituents is 1. The van der Waals surface area contributed by atoms with E-state index in [4.69, 9.17) is 14.2 Å². The van der Waals surface area contributed by atoms with Gasteiger partial charge in [0.25, 0.3) is 5.91 Å². The number of allylic oxidation sites excluding steroid dienone is 3. The summed E-state index contributed by atoms with van der Waals surface area (Å²) in [6.45, 7) is 5.99. The summed E-state index contributed by atoms with van der Waals surface area (Å²) < 4.78 is 16.6. The number of methoxy groups -OCH3 is 2. The predicted molar refractivity (Wildman–Crippen MR) is 161 cm³/mol. The molecule has 1 heterocycles. The van der Waals surface area contributed by atoms with E-state index in [0.717, 1.165) is 16.8 Å². The van der Waals surface area contributed by atoms with E-state index in [2.05, 4.69) is 10.6 Å². The molecule has 3 N–H and O–H groups in total. The van der Waals surface area contributed by atoms with Crippen molar-refractivity contribution in [3.05, 3.63) is 99.9 Å². The second-order valence-electron chi connectivity index (χ2n) is 10.6. The zero-order valence-corrected chi connectivity index (χ0v) is 24.5. The molecule has 2 atom stereocenters. The maximum atomic E-state index is 14.0. The highest BCUT2D eigenvalue weighted by Gasteiger charge is 2.41. The van der Waals surface area contributed by atoms with Crippen molar-refractivity contribution < 1.29 is 28.9 Å². The summed E-state index contributed by atoms with van der Waals surface area (Å²) in [5, 5.41) is 16.9. The predicted octanol–water partition coefficient (Wildman–Crippen LogP) is 6.12. The maximum Gasteiger partial charge on any atom is 0.254 e. The smallest absolute Gasteiger partial charge is 0.254 e. The lowest BCUT2D eigenvalue weighted by Crippen LogP contribution is -2.37. The van der Waals surface area contributed by atoms with Gasteiger partial charge in [-0.3, -0.25) is 9.59 Å². The van der Waals surface area contributed by atoms with Crippen LogP contribution in [0.5, 0.6) is 23.0 Å². The van der Waals surface area contributed by atoms with Crippen molar-refractivity contribution in [1.29, 1.82) is 0 Å². The molecule has 0 spiro atoms. The van der Waals surface area contributed by atoms with Crippen LogP contribution >= 0.6 is 0 Å². The fourth-order valence-electron chi connectivity index (χ4n) is 5.90. The molecule has 0 saturated heterocycles. The Morgan fingerprint density at radius 3 is 2.38 bits per heavy atom. The lowest BCUT2D eigenvalue weighted by Gasteiger charge is -2.37. The monoisotopic (exact) mass is 568 g/mol. The SMILES string of the molecule is CCOc1cc(C2C(C(=O)Nc3ccccc3C)=C(C)NC3=C2C(=O)CC(c2ccc(OC)c(OC)c2)C3)ccc1O. The van der Waals surface area contributed by atoms with Gasteiger partial charge in [-0.1, -0.05) is 30.3 Å². The number of anilines is 1. The third kappa shape index (κ3) is 5.44. The number of dihydropyridines is 1. The highest BCUT2D eigenvalue weighted by molar-refractivity contribution is 6.10. The number of hydrogen-bond acceptors (Lipinski definition) is 7. The van der Waals surface area contributed by atoms with Crippen molar-refractivity contribution >= 4 is 17.4 Å². The van der Waals surface area contributed by atoms with Gasteiger partial charge in [0.05, 0.1) is 20.8 Å². The number of aryl methyl sites for hydroxylation is 1. The summed E-state index contributed by atoms with van der Waals surface area (Å²) in [4.78, 5) is 28.0. The summed E-state index contributed by atoms with van der Waals surface area (Å²) in [5.74, 6) is 0.453. The van der Waals surface area contributed by atoms with Crippen LogP contribution in [0.1, 0.15) is 55.2 Å². The number of ether oxygens (including phenoxy) is 3. The molecule has 42 heavy (non-hydrogen) atoms. The molecule has 8 nitrogen and oxygen atoms in total. The molecule has 2 unspecified atom stereocenters. The molecule has 218 valence electrons. The molecular weight excluding hydrogens is 532 g/mol. The van der Waals surface area contributed by atoms with Crippen LogP contribution < -0.4 is 24.8 Å². The molecule has 1 amide bonds. The van der Waals surface area contributed by atoms with E-state index in [1.54, 1.807) is 32.4 Å². The number of para-hydroxylation sites is 1. The number of carbonyl (C=O) groups excluding carboxylic acids is 2. The highest BCUT2D eigenvalue weighted by Crippen LogP contribution is 2.47. The second-order valence-corrected chi connectivity index (χ2v) is 10.6. The Balaban J connectivity index is 1.58. The molecule has 1 aliphatic carbocycles. The Hall–Kier alpha value is -4.72. The number of hydrogen-bond donors (Lipinski definition) is 3. The molecule has 5 rings (SSSR count). The summed E-state index contributed by atoms with van der Waals surface area (Å²) >= 11 is 0. The Bertz CT molecular complexity index is 1610. The first-order valence-corrected chi connectivity index (χ1v) is 14.0. The first-order valence-electron chi connectivity index (χ1n) is 14.0. The fraction of sp³-hybridized carbons (Fsp3) is 0.294. The van der Waals surface area contributed by atoms with Gasteiger partial charge in [0.2, 0.25) is 0 Å². The number of benzene rings is 3. The molecule has 0 fully saturated rings. The number of carbonyl (C=O) groups is 2. The van der Waals surface area contributed by atoms with Gasteiger partial charge in [0, 0.05) is 40.6 Å². The van der Waals surface area contributed by atoms with Gasteiger partial charge < -0.3 is 30.0 Å². The summed E-state index contributed by atoms with van der Waals surface area (Å²) in [7, 11) is 3.18. The van der Waals surface area contributed by atoms with E-state index in [1.165, 1.54) is 0 Å². The Morgan fingerprint density at radius 1 is 0.952 bits per heavy atom. The standard InChI is InChI=1S/C34H36N2O6/c1-6-42-29-18-22(11-13-26(29)37)32-31(34(39)36-24-10-8-7-9-19(24)2)20(3)35-25-15-23(16-27(38)33(25)32)21-12-14-28(40-4)30(17-21)41-5/h7-14,17-18,23,32,35,37H,6,15-16H2,1-5H3,(H,36,39). The van der Waals surface area contributed by atoms with E-state index in [-0.39, 0.29) is 29.8 Å². The first kappa shape index (κ1) is 28.8. The molecule has 0 saturated carbocycles. The Labute approximate surface area is 246 Å². The second kappa shape index (κ2) is 12.0. The lowest BCUT2D eigenvalue weighted by atomic mass is 9.71. The van der Waals surface area contributed by atoms with Gasteiger partial charge in [-0.15, -0.1) is 0 Å². The van der Waals surface area contributed by atoms with Gasteiger partial charge in [-0.05, 0) is 80.1 Å². The van der Waals surface area contributed by atoms with Crippen LogP contribution in [0.15, 0.2) is 83.2 Å². The van der Waals surface area contributed by atoms with Crippen LogP contribution in [0.4, 0.5) is 5.69 Å². The number of rotatable bonds is 8. The van der Waals surface area contributed by atoms with Gasteiger partial charge in [0.1, 0.15) is 0 Å². The zero-order chi connectivity index (χ0) is 30.0. The van der Waals surface area contributed by atoms with Crippen molar-refractivity contribution in [1.82, 2.24) is 5.32 Å². The molecule has 0 aromatic heterocycles. The largest absolute Gasteiger partial charge is 0.504 e. The van der Waals surface area contributed by atoms with E-state index < -0.39 is 5.92 Å². The zero-order valence-electron chi connectivity index (χ0n) is 24.5. The van der Waals surface area contributed by atoms with Crippen molar-refractivity contribution in [2.75, 3.05) is 26.1 Å². The van der Waals surface area contributed by atoms with Gasteiger partial charge in [0.15, 0.2) is 28.8 Å². The minimum Gasteiger partial charge on any atom is -0.504 e. The molecule has 0 bridgehead atoms. The van der Waals surface area contributed by atoms with Crippen LogP contribution in [-0.4, -0.2) is 37.6 Å². The van der Waals surface area contributed by atoms with Crippen molar-refractivity contribution in [3.8, 4) is 23.0 Å². The average molecular weight is 569 g/mol. The van der Waals surface area contributed by atoms with Crippen LogP contribution in [0.3, 0.4) is 0 Å². The molecule has 1 aliphatic heterocycles. The molecule has 3 aromatic carbocycles. The fourth-order valence-corrected chi connectivity index (χ4v) is 5.90. The minimum absolute atomic E-state index is 0.00108. The number of nitrogens with one attached hydrogen (secondary N) is 2. The third-order valence-electron chi connectivity index (χ3n) is 7.96. The normalized spacial score (nSPS) is 18.3. The van der Waals surface area contributed by atoms with Crippen molar-refractivity contribution in [3.63, 3.8) is 0 Å². The topological polar surface area (TPSA) is 106 Å². The molecular formula is C34H36N2O6. The number of phenols is 1. The number of ketones is 1. The molecule has 2 aliphatic rings. The number of amides is 1.